The number of aryl methyl sites for hydroxylation is 1. The van der Waals surface area contributed by atoms with E-state index in [0.717, 1.165) is 28.9 Å². The molecular formula is C12H17N5OS. The summed E-state index contributed by atoms with van der Waals surface area (Å²) in [5.74, 6) is 0.800. The number of nitrogens with zero attached hydrogens (tertiary/aromatic N) is 4. The molecule has 0 radical (unpaired) electrons. The number of nitrogens with one attached hydrogen (secondary N) is 1. The minimum Gasteiger partial charge on any atom is -0.364 e. The molecule has 2 rings (SSSR count). The molecule has 0 aromatic carbocycles. The van der Waals surface area contributed by atoms with E-state index in [2.05, 4.69) is 25.8 Å². The molecule has 2 heterocycles. The van der Waals surface area contributed by atoms with Crippen molar-refractivity contribution in [1.29, 1.82) is 0 Å². The van der Waals surface area contributed by atoms with Crippen LogP contribution in [0.5, 0.6) is 0 Å². The van der Waals surface area contributed by atoms with Gasteiger partial charge in [-0.15, -0.1) is 11.3 Å². The molecule has 2 aromatic heterocycles. The summed E-state index contributed by atoms with van der Waals surface area (Å²) in [5.41, 5.74) is 1.90. The summed E-state index contributed by atoms with van der Waals surface area (Å²) in [6.45, 7) is 3.32. The van der Waals surface area contributed by atoms with Crippen LogP contribution in [0.4, 0.5) is 0 Å². The largest absolute Gasteiger partial charge is 0.364 e. The molecule has 7 heteroatoms. The highest BCUT2D eigenvalue weighted by atomic mass is 32.1. The molecule has 0 spiro atoms. The van der Waals surface area contributed by atoms with E-state index < -0.39 is 0 Å². The highest BCUT2D eigenvalue weighted by molar-refractivity contribution is 7.09. The molecular weight excluding hydrogens is 262 g/mol. The quantitative estimate of drug-likeness (QED) is 0.681. The van der Waals surface area contributed by atoms with Gasteiger partial charge in [0.1, 0.15) is 12.0 Å². The maximum atomic E-state index is 4.79. The molecule has 102 valence electrons. The first-order valence-electron chi connectivity index (χ1n) is 5.91. The molecule has 19 heavy (non-hydrogen) atoms. The third-order valence-corrected chi connectivity index (χ3v) is 3.38. The number of thiazole rings is 1. The van der Waals surface area contributed by atoms with Gasteiger partial charge in [0.15, 0.2) is 5.96 Å². The lowest BCUT2D eigenvalue weighted by atomic mass is 10.4. The number of aliphatic imine (C=N–C) groups is 1. The Morgan fingerprint density at radius 1 is 1.53 bits per heavy atom. The van der Waals surface area contributed by atoms with Crippen molar-refractivity contribution in [3.05, 3.63) is 34.1 Å². The monoisotopic (exact) mass is 279 g/mol. The lowest BCUT2D eigenvalue weighted by Gasteiger charge is -2.20. The number of hydrogen-bond acceptors (Lipinski definition) is 5. The van der Waals surface area contributed by atoms with Gasteiger partial charge in [-0.1, -0.05) is 5.16 Å². The first-order chi connectivity index (χ1) is 9.19. The Morgan fingerprint density at radius 3 is 2.95 bits per heavy atom. The Labute approximate surface area is 116 Å². The molecule has 0 bridgehead atoms. The molecule has 0 saturated carbocycles. The molecule has 0 saturated heterocycles. The Balaban J connectivity index is 1.90. The molecule has 0 atom stereocenters. The SMILES string of the molecule is CN=C(NCc1ccon1)N(C)Cc1csc(C)n1. The second-order valence-corrected chi connectivity index (χ2v) is 5.17. The smallest absolute Gasteiger partial charge is 0.194 e. The van der Waals surface area contributed by atoms with Crippen molar-refractivity contribution in [2.45, 2.75) is 20.0 Å². The summed E-state index contributed by atoms with van der Waals surface area (Å²) in [6.07, 6.45) is 1.56. The van der Waals surface area contributed by atoms with E-state index in [1.54, 1.807) is 24.6 Å². The zero-order chi connectivity index (χ0) is 13.7. The summed E-state index contributed by atoms with van der Waals surface area (Å²) in [5, 5.41) is 10.2. The predicted molar refractivity (Wildman–Crippen MR) is 75.0 cm³/mol. The van der Waals surface area contributed by atoms with Gasteiger partial charge in [0.25, 0.3) is 0 Å². The lowest BCUT2D eigenvalue weighted by Crippen LogP contribution is -2.38. The first-order valence-corrected chi connectivity index (χ1v) is 6.79. The van der Waals surface area contributed by atoms with Crippen LogP contribution in [0.25, 0.3) is 0 Å². The highest BCUT2D eigenvalue weighted by Gasteiger charge is 2.09. The van der Waals surface area contributed by atoms with E-state index in [1.165, 1.54) is 0 Å². The van der Waals surface area contributed by atoms with E-state index in [9.17, 15) is 0 Å². The summed E-state index contributed by atoms with van der Waals surface area (Å²) >= 11 is 1.66. The van der Waals surface area contributed by atoms with Gasteiger partial charge in [-0.05, 0) is 6.92 Å². The van der Waals surface area contributed by atoms with Crippen LogP contribution in [0, 0.1) is 6.92 Å². The summed E-state index contributed by atoms with van der Waals surface area (Å²) < 4.78 is 4.79. The Hall–Kier alpha value is -1.89. The molecule has 0 amide bonds. The first kappa shape index (κ1) is 13.5. The van der Waals surface area contributed by atoms with Crippen LogP contribution in [0.2, 0.25) is 0 Å². The van der Waals surface area contributed by atoms with Crippen molar-refractivity contribution in [2.24, 2.45) is 4.99 Å². The Kier molecular flexibility index (Phi) is 4.51. The van der Waals surface area contributed by atoms with Crippen molar-refractivity contribution in [3.63, 3.8) is 0 Å². The van der Waals surface area contributed by atoms with Crippen LogP contribution in [0.3, 0.4) is 0 Å². The fraction of sp³-hybridized carbons (Fsp3) is 0.417. The van der Waals surface area contributed by atoms with Crippen molar-refractivity contribution in [3.8, 4) is 0 Å². The van der Waals surface area contributed by atoms with E-state index in [0.29, 0.717) is 6.54 Å². The number of aromatic nitrogens is 2. The standard InChI is InChI=1S/C12H17N5OS/c1-9-15-11(8-19-9)7-17(3)12(13-2)14-6-10-4-5-18-16-10/h4-5,8H,6-7H2,1-3H3,(H,13,14). The average Bonchev–Trinajstić information content (AvgIpc) is 3.02. The van der Waals surface area contributed by atoms with Crippen LogP contribution >= 0.6 is 11.3 Å². The zero-order valence-corrected chi connectivity index (χ0v) is 12.1. The number of guanidine groups is 1. The van der Waals surface area contributed by atoms with Gasteiger partial charge in [0.2, 0.25) is 0 Å². The highest BCUT2D eigenvalue weighted by Crippen LogP contribution is 2.09. The molecule has 0 fully saturated rings. The van der Waals surface area contributed by atoms with Gasteiger partial charge >= 0.3 is 0 Å². The minimum absolute atomic E-state index is 0.587. The van der Waals surface area contributed by atoms with Crippen LogP contribution in [0.1, 0.15) is 16.4 Å². The van der Waals surface area contributed by atoms with Gasteiger partial charge in [-0.25, -0.2) is 4.98 Å². The van der Waals surface area contributed by atoms with Crippen molar-refractivity contribution < 1.29 is 4.52 Å². The van der Waals surface area contributed by atoms with E-state index in [4.69, 9.17) is 4.52 Å². The van der Waals surface area contributed by atoms with Gasteiger partial charge in [0, 0.05) is 25.5 Å². The molecule has 0 aliphatic rings. The van der Waals surface area contributed by atoms with Crippen LogP contribution in [-0.2, 0) is 13.1 Å². The van der Waals surface area contributed by atoms with E-state index in [1.807, 2.05) is 24.9 Å². The third kappa shape index (κ3) is 3.78. The second kappa shape index (κ2) is 6.33. The number of rotatable bonds is 4. The maximum Gasteiger partial charge on any atom is 0.194 e. The lowest BCUT2D eigenvalue weighted by molar-refractivity contribution is 0.409. The van der Waals surface area contributed by atoms with Gasteiger partial charge in [0.05, 0.1) is 23.8 Å². The molecule has 1 N–H and O–H groups in total. The Morgan fingerprint density at radius 2 is 2.37 bits per heavy atom. The Bertz CT molecular complexity index is 534. The third-order valence-electron chi connectivity index (χ3n) is 2.56. The van der Waals surface area contributed by atoms with Crippen LogP contribution in [-0.4, -0.2) is 35.1 Å². The van der Waals surface area contributed by atoms with Gasteiger partial charge < -0.3 is 14.7 Å². The fourth-order valence-corrected chi connectivity index (χ4v) is 2.29. The van der Waals surface area contributed by atoms with Crippen molar-refractivity contribution in [1.82, 2.24) is 20.4 Å². The second-order valence-electron chi connectivity index (χ2n) is 4.11. The molecule has 2 aromatic rings. The minimum atomic E-state index is 0.587. The van der Waals surface area contributed by atoms with Gasteiger partial charge in [-0.3, -0.25) is 4.99 Å². The van der Waals surface area contributed by atoms with Crippen LogP contribution in [0.15, 0.2) is 27.2 Å². The van der Waals surface area contributed by atoms with Gasteiger partial charge in [-0.2, -0.15) is 0 Å². The molecule has 0 aliphatic heterocycles. The average molecular weight is 279 g/mol. The van der Waals surface area contributed by atoms with Crippen molar-refractivity contribution in [2.75, 3.05) is 14.1 Å². The predicted octanol–water partition coefficient (Wildman–Crippen LogP) is 1.65. The summed E-state index contributed by atoms with van der Waals surface area (Å²) in [4.78, 5) is 10.7. The topological polar surface area (TPSA) is 66.6 Å². The summed E-state index contributed by atoms with van der Waals surface area (Å²) in [6, 6.07) is 1.82. The van der Waals surface area contributed by atoms with E-state index >= 15 is 0 Å². The van der Waals surface area contributed by atoms with E-state index in [-0.39, 0.29) is 0 Å². The van der Waals surface area contributed by atoms with Crippen LogP contribution < -0.4 is 5.32 Å². The summed E-state index contributed by atoms with van der Waals surface area (Å²) in [7, 11) is 3.74. The van der Waals surface area contributed by atoms with Crippen molar-refractivity contribution >= 4 is 17.3 Å². The fourth-order valence-electron chi connectivity index (χ4n) is 1.68. The normalized spacial score (nSPS) is 11.6. The number of hydrogen-bond donors (Lipinski definition) is 1. The zero-order valence-electron chi connectivity index (χ0n) is 11.3. The molecule has 0 unspecified atom stereocenters. The molecule has 0 aliphatic carbocycles. The molecule has 6 nitrogen and oxygen atoms in total. The maximum absolute atomic E-state index is 4.79.